The van der Waals surface area contributed by atoms with Crippen molar-refractivity contribution in [1.82, 2.24) is 0 Å². The number of hydrogen-bond donors (Lipinski definition) is 2. The summed E-state index contributed by atoms with van der Waals surface area (Å²) < 4.78 is 13.4. The summed E-state index contributed by atoms with van der Waals surface area (Å²) in [5.41, 5.74) is 7.51. The maximum atomic E-state index is 13.4. The van der Waals surface area contributed by atoms with Crippen molar-refractivity contribution < 1.29 is 18.8 Å². The number of anilines is 2. The number of primary amides is 1. The standard InChI is InChI=1S/C25H19FN4O3S/c26-18-8-12-20(13-9-18)30-24(33)21(14-16-4-2-1-3-5-16)29-25(30)34-15-22(31)28-19-10-6-17(7-11-19)23(27)32/h1-14H,15H2,(H2,27,32)(H,28,31)/b21-14-. The molecule has 3 amide bonds. The molecule has 0 spiro atoms. The highest BCUT2D eigenvalue weighted by Crippen LogP contribution is 2.29. The molecule has 1 aliphatic heterocycles. The molecule has 0 radical (unpaired) electrons. The smallest absolute Gasteiger partial charge is 0.283 e. The summed E-state index contributed by atoms with van der Waals surface area (Å²) in [5.74, 6) is -1.71. The van der Waals surface area contributed by atoms with Crippen molar-refractivity contribution in [2.75, 3.05) is 16.0 Å². The first-order chi connectivity index (χ1) is 16.4. The Hall–Kier alpha value is -4.24. The summed E-state index contributed by atoms with van der Waals surface area (Å²) >= 11 is 1.08. The van der Waals surface area contributed by atoms with Gasteiger partial charge in [-0.3, -0.25) is 19.3 Å². The first kappa shape index (κ1) is 22.9. The van der Waals surface area contributed by atoms with Crippen LogP contribution in [0.2, 0.25) is 0 Å². The number of nitrogens with zero attached hydrogens (tertiary/aromatic N) is 2. The van der Waals surface area contributed by atoms with Gasteiger partial charge in [0.25, 0.3) is 5.91 Å². The number of nitrogens with one attached hydrogen (secondary N) is 1. The van der Waals surface area contributed by atoms with Gasteiger partial charge in [-0.05, 0) is 60.2 Å². The minimum absolute atomic E-state index is 0.0278. The minimum atomic E-state index is -0.558. The van der Waals surface area contributed by atoms with Crippen LogP contribution in [0.15, 0.2) is 89.6 Å². The van der Waals surface area contributed by atoms with Crippen LogP contribution < -0.4 is 16.0 Å². The Balaban J connectivity index is 1.52. The fourth-order valence-corrected chi connectivity index (χ4v) is 3.98. The number of nitrogens with two attached hydrogens (primary N) is 1. The van der Waals surface area contributed by atoms with Gasteiger partial charge in [-0.1, -0.05) is 42.1 Å². The van der Waals surface area contributed by atoms with E-state index >= 15 is 0 Å². The molecule has 0 aromatic heterocycles. The van der Waals surface area contributed by atoms with Crippen LogP contribution in [0.3, 0.4) is 0 Å². The van der Waals surface area contributed by atoms with Crippen molar-refractivity contribution in [2.45, 2.75) is 0 Å². The van der Waals surface area contributed by atoms with Crippen molar-refractivity contribution in [1.29, 1.82) is 0 Å². The summed E-state index contributed by atoms with van der Waals surface area (Å²) in [4.78, 5) is 42.6. The highest BCUT2D eigenvalue weighted by Gasteiger charge is 2.32. The van der Waals surface area contributed by atoms with E-state index in [4.69, 9.17) is 5.73 Å². The van der Waals surface area contributed by atoms with E-state index in [2.05, 4.69) is 10.3 Å². The summed E-state index contributed by atoms with van der Waals surface area (Å²) in [6, 6.07) is 20.9. The molecule has 0 fully saturated rings. The Labute approximate surface area is 199 Å². The average Bonchev–Trinajstić information content (AvgIpc) is 3.14. The molecule has 7 nitrogen and oxygen atoms in total. The molecule has 1 heterocycles. The maximum absolute atomic E-state index is 13.4. The van der Waals surface area contributed by atoms with Crippen molar-refractivity contribution in [2.24, 2.45) is 10.7 Å². The van der Waals surface area contributed by atoms with E-state index in [0.29, 0.717) is 22.1 Å². The Kier molecular flexibility index (Phi) is 6.84. The molecule has 34 heavy (non-hydrogen) atoms. The molecular formula is C25H19FN4O3S. The second-order valence-corrected chi connectivity index (χ2v) is 8.17. The summed E-state index contributed by atoms with van der Waals surface area (Å²) in [6.07, 6.45) is 1.66. The molecule has 0 unspecified atom stereocenters. The molecule has 3 aromatic carbocycles. The van der Waals surface area contributed by atoms with Crippen molar-refractivity contribution >= 4 is 52.1 Å². The molecule has 0 aliphatic carbocycles. The Morgan fingerprint density at radius 2 is 1.68 bits per heavy atom. The van der Waals surface area contributed by atoms with E-state index in [0.717, 1.165) is 17.3 Å². The van der Waals surface area contributed by atoms with Gasteiger partial charge in [0.15, 0.2) is 5.17 Å². The number of aliphatic imine (C=N–C) groups is 1. The second kappa shape index (κ2) is 10.1. The molecule has 3 N–H and O–H groups in total. The highest BCUT2D eigenvalue weighted by atomic mass is 32.2. The third-order valence-electron chi connectivity index (χ3n) is 4.80. The molecule has 4 rings (SSSR count). The van der Waals surface area contributed by atoms with Crippen LogP contribution in [-0.2, 0) is 9.59 Å². The number of benzene rings is 3. The van der Waals surface area contributed by atoms with Crippen LogP contribution in [0.1, 0.15) is 15.9 Å². The first-order valence-electron chi connectivity index (χ1n) is 10.2. The van der Waals surface area contributed by atoms with Gasteiger partial charge in [-0.15, -0.1) is 0 Å². The number of carbonyl (C=O) groups is 3. The minimum Gasteiger partial charge on any atom is -0.366 e. The van der Waals surface area contributed by atoms with Crippen LogP contribution in [0.25, 0.3) is 6.08 Å². The zero-order valence-corrected chi connectivity index (χ0v) is 18.6. The van der Waals surface area contributed by atoms with Crippen molar-refractivity contribution in [3.05, 3.63) is 102 Å². The largest absolute Gasteiger partial charge is 0.366 e. The molecule has 0 atom stereocenters. The molecular weight excluding hydrogens is 455 g/mol. The van der Waals surface area contributed by atoms with E-state index in [1.165, 1.54) is 41.3 Å². The molecule has 0 saturated carbocycles. The molecule has 1 aliphatic rings. The quantitative estimate of drug-likeness (QED) is 0.526. The van der Waals surface area contributed by atoms with E-state index in [1.807, 2.05) is 30.3 Å². The van der Waals surface area contributed by atoms with Gasteiger partial charge >= 0.3 is 0 Å². The average molecular weight is 475 g/mol. The fraction of sp³-hybridized carbons (Fsp3) is 0.0400. The first-order valence-corrected chi connectivity index (χ1v) is 11.2. The molecule has 0 bridgehead atoms. The lowest BCUT2D eigenvalue weighted by Crippen LogP contribution is -2.31. The number of hydrogen-bond acceptors (Lipinski definition) is 5. The van der Waals surface area contributed by atoms with E-state index in [9.17, 15) is 18.8 Å². The zero-order valence-electron chi connectivity index (χ0n) is 17.8. The fourth-order valence-electron chi connectivity index (χ4n) is 3.16. The van der Waals surface area contributed by atoms with Crippen LogP contribution in [0, 0.1) is 5.82 Å². The topological polar surface area (TPSA) is 105 Å². The molecule has 9 heteroatoms. The highest BCUT2D eigenvalue weighted by molar-refractivity contribution is 8.14. The molecule has 3 aromatic rings. The monoisotopic (exact) mass is 474 g/mol. The third kappa shape index (κ3) is 5.38. The van der Waals surface area contributed by atoms with E-state index < -0.39 is 11.7 Å². The summed E-state index contributed by atoms with van der Waals surface area (Å²) in [5, 5.41) is 3.03. The van der Waals surface area contributed by atoms with Crippen LogP contribution in [0.5, 0.6) is 0 Å². The number of amidine groups is 1. The van der Waals surface area contributed by atoms with Gasteiger partial charge in [-0.2, -0.15) is 0 Å². The molecule has 170 valence electrons. The Bertz CT molecular complexity index is 1290. The van der Waals surface area contributed by atoms with Gasteiger partial charge < -0.3 is 11.1 Å². The van der Waals surface area contributed by atoms with E-state index in [-0.39, 0.29) is 23.3 Å². The zero-order chi connectivity index (χ0) is 24.1. The van der Waals surface area contributed by atoms with Crippen LogP contribution in [-0.4, -0.2) is 28.6 Å². The van der Waals surface area contributed by atoms with Crippen molar-refractivity contribution in [3.63, 3.8) is 0 Å². The number of amides is 3. The predicted octanol–water partition coefficient (Wildman–Crippen LogP) is 4.04. The number of thioether (sulfide) groups is 1. The second-order valence-electron chi connectivity index (χ2n) is 7.23. The van der Waals surface area contributed by atoms with Crippen LogP contribution in [0.4, 0.5) is 15.8 Å². The molecule has 0 saturated heterocycles. The lowest BCUT2D eigenvalue weighted by Gasteiger charge is -2.17. The summed E-state index contributed by atoms with van der Waals surface area (Å²) in [7, 11) is 0. The lowest BCUT2D eigenvalue weighted by molar-refractivity contribution is -0.114. The van der Waals surface area contributed by atoms with Gasteiger partial charge in [0.1, 0.15) is 11.5 Å². The summed E-state index contributed by atoms with van der Waals surface area (Å²) in [6.45, 7) is 0. The normalized spacial score (nSPS) is 14.3. The van der Waals surface area contributed by atoms with Gasteiger partial charge in [0.05, 0.1) is 11.4 Å². The maximum Gasteiger partial charge on any atom is 0.283 e. The van der Waals surface area contributed by atoms with Crippen LogP contribution >= 0.6 is 11.8 Å². The number of halogens is 1. The lowest BCUT2D eigenvalue weighted by atomic mass is 10.2. The van der Waals surface area contributed by atoms with Gasteiger partial charge in [-0.25, -0.2) is 9.38 Å². The Morgan fingerprint density at radius 1 is 1.00 bits per heavy atom. The Morgan fingerprint density at radius 3 is 2.32 bits per heavy atom. The number of carbonyl (C=O) groups excluding carboxylic acids is 3. The van der Waals surface area contributed by atoms with E-state index in [1.54, 1.807) is 18.2 Å². The predicted molar refractivity (Wildman–Crippen MR) is 132 cm³/mol. The van der Waals surface area contributed by atoms with Gasteiger partial charge in [0, 0.05) is 11.3 Å². The third-order valence-corrected chi connectivity index (χ3v) is 5.74. The van der Waals surface area contributed by atoms with Gasteiger partial charge in [0.2, 0.25) is 11.8 Å². The van der Waals surface area contributed by atoms with Crippen molar-refractivity contribution in [3.8, 4) is 0 Å². The SMILES string of the molecule is NC(=O)c1ccc(NC(=O)CSC2=N/C(=C\c3ccccc3)C(=O)N2c2ccc(F)cc2)cc1. The number of rotatable bonds is 6.